The quantitative estimate of drug-likeness (QED) is 0.714. The molecule has 1 aliphatic heterocycles. The molecule has 0 spiro atoms. The van der Waals surface area contributed by atoms with Crippen LogP contribution in [0.4, 0.5) is 4.79 Å². The lowest BCUT2D eigenvalue weighted by molar-refractivity contribution is 0.178. The van der Waals surface area contributed by atoms with E-state index in [1.165, 1.54) is 0 Å². The molecule has 2 atom stereocenters. The molecule has 0 bridgehead atoms. The van der Waals surface area contributed by atoms with E-state index in [-0.39, 0.29) is 12.1 Å². The number of rotatable bonds is 4. The molecule has 0 aromatic carbocycles. The monoisotopic (exact) mass is 200 g/mol. The van der Waals surface area contributed by atoms with Crippen LogP contribution in [-0.4, -0.2) is 31.8 Å². The van der Waals surface area contributed by atoms with Crippen LogP contribution >= 0.6 is 0 Å². The molecule has 1 fully saturated rings. The van der Waals surface area contributed by atoms with Gasteiger partial charge in [-0.3, -0.25) is 0 Å². The van der Waals surface area contributed by atoms with Crippen LogP contribution < -0.4 is 10.6 Å². The summed E-state index contributed by atoms with van der Waals surface area (Å²) in [6, 6.07) is 0.139. The molecular formula is C10H20N2O2. The normalized spacial score (nSPS) is 23.1. The molecule has 14 heavy (non-hydrogen) atoms. The van der Waals surface area contributed by atoms with Gasteiger partial charge in [0.25, 0.3) is 0 Å². The van der Waals surface area contributed by atoms with Crippen molar-refractivity contribution >= 4 is 6.03 Å². The Morgan fingerprint density at radius 3 is 3.00 bits per heavy atom. The Kier molecular flexibility index (Phi) is 4.73. The Labute approximate surface area is 85.4 Å². The minimum Gasteiger partial charge on any atom is -0.381 e. The summed E-state index contributed by atoms with van der Waals surface area (Å²) in [6.45, 7) is 6.40. The smallest absolute Gasteiger partial charge is 0.315 e. The fourth-order valence-corrected chi connectivity index (χ4v) is 1.56. The Hall–Kier alpha value is -0.770. The number of hydrogen-bond donors (Lipinski definition) is 2. The number of urea groups is 1. The van der Waals surface area contributed by atoms with Crippen LogP contribution in [0.3, 0.4) is 0 Å². The van der Waals surface area contributed by atoms with E-state index < -0.39 is 0 Å². The van der Waals surface area contributed by atoms with Crippen molar-refractivity contribution in [3.8, 4) is 0 Å². The molecule has 4 heteroatoms. The van der Waals surface area contributed by atoms with Crippen LogP contribution in [0.1, 0.15) is 26.7 Å². The summed E-state index contributed by atoms with van der Waals surface area (Å²) in [4.78, 5) is 11.3. The molecule has 82 valence electrons. The van der Waals surface area contributed by atoms with Gasteiger partial charge in [-0.25, -0.2) is 4.79 Å². The average Bonchev–Trinajstić information content (AvgIpc) is 2.67. The summed E-state index contributed by atoms with van der Waals surface area (Å²) >= 11 is 0. The van der Waals surface area contributed by atoms with Gasteiger partial charge in [-0.2, -0.15) is 0 Å². The van der Waals surface area contributed by atoms with Gasteiger partial charge in [0.15, 0.2) is 0 Å². The molecule has 1 aliphatic rings. The largest absolute Gasteiger partial charge is 0.381 e. The van der Waals surface area contributed by atoms with E-state index >= 15 is 0 Å². The number of ether oxygens (including phenoxy) is 1. The van der Waals surface area contributed by atoms with Gasteiger partial charge >= 0.3 is 6.03 Å². The highest BCUT2D eigenvalue weighted by molar-refractivity contribution is 5.74. The number of hydrogen-bond acceptors (Lipinski definition) is 2. The molecule has 1 saturated heterocycles. The lowest BCUT2D eigenvalue weighted by atomic mass is 10.0. The zero-order chi connectivity index (χ0) is 10.4. The third-order valence-corrected chi connectivity index (χ3v) is 2.57. The van der Waals surface area contributed by atoms with Crippen molar-refractivity contribution in [2.75, 3.05) is 19.8 Å². The van der Waals surface area contributed by atoms with Gasteiger partial charge in [-0.1, -0.05) is 6.92 Å². The minimum atomic E-state index is -0.0637. The van der Waals surface area contributed by atoms with Crippen molar-refractivity contribution in [2.45, 2.75) is 32.7 Å². The Morgan fingerprint density at radius 1 is 1.64 bits per heavy atom. The molecule has 2 amide bonds. The SMILES string of the molecule is CCCNC(=O)NC(C)C1CCOC1. The van der Waals surface area contributed by atoms with Crippen molar-refractivity contribution in [1.82, 2.24) is 10.6 Å². The summed E-state index contributed by atoms with van der Waals surface area (Å²) in [5.41, 5.74) is 0. The van der Waals surface area contributed by atoms with E-state index in [0.29, 0.717) is 5.92 Å². The molecule has 0 radical (unpaired) electrons. The Balaban J connectivity index is 2.18. The van der Waals surface area contributed by atoms with Crippen LogP contribution in [0.5, 0.6) is 0 Å². The highest BCUT2D eigenvalue weighted by Crippen LogP contribution is 2.15. The molecule has 0 aromatic rings. The zero-order valence-corrected chi connectivity index (χ0v) is 9.01. The Morgan fingerprint density at radius 2 is 2.43 bits per heavy atom. The maximum atomic E-state index is 11.3. The number of amides is 2. The molecule has 2 N–H and O–H groups in total. The molecular weight excluding hydrogens is 180 g/mol. The third-order valence-electron chi connectivity index (χ3n) is 2.57. The molecule has 0 saturated carbocycles. The second-order valence-electron chi connectivity index (χ2n) is 3.81. The zero-order valence-electron chi connectivity index (χ0n) is 9.01. The van der Waals surface area contributed by atoms with E-state index in [2.05, 4.69) is 10.6 Å². The number of nitrogens with one attached hydrogen (secondary N) is 2. The van der Waals surface area contributed by atoms with Crippen molar-refractivity contribution in [3.63, 3.8) is 0 Å². The van der Waals surface area contributed by atoms with Gasteiger partial charge < -0.3 is 15.4 Å². The molecule has 1 heterocycles. The first-order valence-corrected chi connectivity index (χ1v) is 5.36. The summed E-state index contributed by atoms with van der Waals surface area (Å²) in [6.07, 6.45) is 2.02. The van der Waals surface area contributed by atoms with Crippen LogP contribution in [0.15, 0.2) is 0 Å². The van der Waals surface area contributed by atoms with Crippen LogP contribution in [0, 0.1) is 5.92 Å². The van der Waals surface area contributed by atoms with Crippen molar-refractivity contribution < 1.29 is 9.53 Å². The van der Waals surface area contributed by atoms with E-state index in [4.69, 9.17) is 4.74 Å². The van der Waals surface area contributed by atoms with Gasteiger partial charge in [0.2, 0.25) is 0 Å². The predicted molar refractivity (Wildman–Crippen MR) is 55.2 cm³/mol. The fourth-order valence-electron chi connectivity index (χ4n) is 1.56. The lowest BCUT2D eigenvalue weighted by Gasteiger charge is -2.19. The summed E-state index contributed by atoms with van der Waals surface area (Å²) in [5, 5.41) is 5.72. The standard InChI is InChI=1S/C10H20N2O2/c1-3-5-11-10(13)12-8(2)9-4-6-14-7-9/h8-9H,3-7H2,1-2H3,(H2,11,12,13). The molecule has 1 rings (SSSR count). The molecule has 0 aliphatic carbocycles. The van der Waals surface area contributed by atoms with Gasteiger partial charge in [0.1, 0.15) is 0 Å². The third kappa shape index (κ3) is 3.54. The molecule has 0 aromatic heterocycles. The van der Waals surface area contributed by atoms with Crippen LogP contribution in [-0.2, 0) is 4.74 Å². The second kappa shape index (κ2) is 5.86. The average molecular weight is 200 g/mol. The van der Waals surface area contributed by atoms with E-state index in [1.807, 2.05) is 13.8 Å². The van der Waals surface area contributed by atoms with Gasteiger partial charge in [-0.05, 0) is 19.8 Å². The molecule has 2 unspecified atom stereocenters. The van der Waals surface area contributed by atoms with Gasteiger partial charge in [0, 0.05) is 25.1 Å². The second-order valence-corrected chi connectivity index (χ2v) is 3.81. The summed E-state index contributed by atoms with van der Waals surface area (Å²) in [5.74, 6) is 0.474. The van der Waals surface area contributed by atoms with Gasteiger partial charge in [0.05, 0.1) is 6.61 Å². The molecule has 4 nitrogen and oxygen atoms in total. The first-order chi connectivity index (χ1) is 6.74. The predicted octanol–water partition coefficient (Wildman–Crippen LogP) is 1.12. The number of carbonyl (C=O) groups excluding carboxylic acids is 1. The summed E-state index contributed by atoms with van der Waals surface area (Å²) in [7, 11) is 0. The highest BCUT2D eigenvalue weighted by atomic mass is 16.5. The van der Waals surface area contributed by atoms with E-state index in [9.17, 15) is 4.79 Å². The number of carbonyl (C=O) groups is 1. The Bertz CT molecular complexity index is 179. The fraction of sp³-hybridized carbons (Fsp3) is 0.900. The minimum absolute atomic E-state index is 0.0637. The first-order valence-electron chi connectivity index (χ1n) is 5.36. The topological polar surface area (TPSA) is 50.4 Å². The lowest BCUT2D eigenvalue weighted by Crippen LogP contribution is -2.44. The van der Waals surface area contributed by atoms with Crippen LogP contribution in [0.2, 0.25) is 0 Å². The summed E-state index contributed by atoms with van der Waals surface area (Å²) < 4.78 is 5.27. The first kappa shape index (κ1) is 11.3. The van der Waals surface area contributed by atoms with Crippen LogP contribution in [0.25, 0.3) is 0 Å². The van der Waals surface area contributed by atoms with E-state index in [0.717, 1.165) is 32.6 Å². The maximum Gasteiger partial charge on any atom is 0.315 e. The van der Waals surface area contributed by atoms with E-state index in [1.54, 1.807) is 0 Å². The van der Waals surface area contributed by atoms with Crippen molar-refractivity contribution in [3.05, 3.63) is 0 Å². The van der Waals surface area contributed by atoms with Gasteiger partial charge in [-0.15, -0.1) is 0 Å². The highest BCUT2D eigenvalue weighted by Gasteiger charge is 2.23. The maximum absolute atomic E-state index is 11.3. The van der Waals surface area contributed by atoms with Crippen molar-refractivity contribution in [1.29, 1.82) is 0 Å². The van der Waals surface area contributed by atoms with Crippen molar-refractivity contribution in [2.24, 2.45) is 5.92 Å².